The number of aromatic nitrogens is 3. The molecule has 3 N–H and O–H groups in total. The van der Waals surface area contributed by atoms with Crippen molar-refractivity contribution in [2.24, 2.45) is 0 Å². The minimum Gasteiger partial charge on any atom is -0.481 e. The van der Waals surface area contributed by atoms with E-state index < -0.39 is 18.1 Å². The Morgan fingerprint density at radius 3 is 2.30 bits per heavy atom. The van der Waals surface area contributed by atoms with Crippen molar-refractivity contribution in [2.75, 3.05) is 18.1 Å². The van der Waals surface area contributed by atoms with Gasteiger partial charge in [0.15, 0.2) is 5.69 Å². The van der Waals surface area contributed by atoms with E-state index in [1.807, 2.05) is 4.68 Å². The highest BCUT2D eigenvalue weighted by Gasteiger charge is 2.38. The summed E-state index contributed by atoms with van der Waals surface area (Å²) >= 11 is 0. The molecule has 1 aliphatic carbocycles. The van der Waals surface area contributed by atoms with E-state index in [2.05, 4.69) is 15.6 Å². The number of alkyl halides is 3. The molecule has 0 radical (unpaired) electrons. The average Bonchev–Trinajstić information content (AvgIpc) is 3.17. The van der Waals surface area contributed by atoms with Crippen molar-refractivity contribution in [1.82, 2.24) is 20.3 Å². The Morgan fingerprint density at radius 1 is 1.13 bits per heavy atom. The Balaban J connectivity index is 0.000000553. The first-order valence-corrected chi connectivity index (χ1v) is 11.6. The summed E-state index contributed by atoms with van der Waals surface area (Å²) in [6.07, 6.45) is 2.73. The third-order valence-corrected chi connectivity index (χ3v) is 6.30. The van der Waals surface area contributed by atoms with E-state index in [1.54, 1.807) is 17.0 Å². The summed E-state index contributed by atoms with van der Waals surface area (Å²) in [6.45, 7) is 0.528. The summed E-state index contributed by atoms with van der Waals surface area (Å²) < 4.78 is 33.6. The molecule has 14 heteroatoms. The summed E-state index contributed by atoms with van der Waals surface area (Å²) in [6, 6.07) is 0.374. The largest absolute Gasteiger partial charge is 0.490 e. The number of carbonyl (C=O) groups is 3. The van der Waals surface area contributed by atoms with Gasteiger partial charge < -0.3 is 15.5 Å². The number of carboxylic acid groups (broad SMARTS) is 2. The molecule has 170 valence electrons. The van der Waals surface area contributed by atoms with E-state index in [4.69, 9.17) is 15.0 Å². The predicted octanol–water partition coefficient (Wildman–Crippen LogP) is 3.00. The molecule has 0 unspecified atom stereocenters. The van der Waals surface area contributed by atoms with Crippen molar-refractivity contribution >= 4 is 39.4 Å². The summed E-state index contributed by atoms with van der Waals surface area (Å²) in [5.74, 6) is -2.45. The monoisotopic (exact) mass is 472 g/mol. The van der Waals surface area contributed by atoms with Crippen LogP contribution in [0.2, 0.25) is 0 Å². The summed E-state index contributed by atoms with van der Waals surface area (Å²) in [5.41, 5.74) is 0.360. The molecule has 0 atom stereocenters. The molecule has 2 rings (SSSR count). The zero-order chi connectivity index (χ0) is 22.6. The second kappa shape index (κ2) is 13.4. The van der Waals surface area contributed by atoms with E-state index in [9.17, 15) is 22.8 Å². The molecule has 0 saturated heterocycles. The quantitative estimate of drug-likeness (QED) is 0.366. The molecule has 30 heavy (non-hydrogen) atoms. The number of carbonyl (C=O) groups excluding carboxylic acids is 1. The molecule has 9 nitrogen and oxygen atoms in total. The molecular formula is C16H23F3N4O5S2. The van der Waals surface area contributed by atoms with E-state index in [0.29, 0.717) is 24.0 Å². The normalized spacial score (nSPS) is 14.5. The molecule has 1 aliphatic rings. The molecule has 0 aliphatic heterocycles. The average molecular weight is 473 g/mol. The second-order valence-electron chi connectivity index (χ2n) is 6.22. The first kappa shape index (κ1) is 26.1. The molecule has 1 amide bonds. The maximum absolute atomic E-state index is 12.0. The lowest BCUT2D eigenvalue weighted by atomic mass is 9.96. The Bertz CT molecular complexity index is 697. The highest BCUT2D eigenvalue weighted by Crippen LogP contribution is 2.27. The van der Waals surface area contributed by atoms with Crippen LogP contribution in [0.3, 0.4) is 0 Å². The first-order chi connectivity index (χ1) is 14.1. The molecule has 1 aromatic heterocycles. The number of halogens is 3. The summed E-state index contributed by atoms with van der Waals surface area (Å²) in [4.78, 5) is 31.3. The lowest BCUT2D eigenvalue weighted by molar-refractivity contribution is -0.192. The maximum Gasteiger partial charge on any atom is 0.490 e. The number of aliphatic carboxylic acids is 2. The predicted molar refractivity (Wildman–Crippen MR) is 105 cm³/mol. The second-order valence-corrected chi connectivity index (χ2v) is 8.92. The van der Waals surface area contributed by atoms with Crippen LogP contribution in [0.5, 0.6) is 0 Å². The van der Waals surface area contributed by atoms with Crippen LogP contribution in [-0.2, 0) is 9.59 Å². The zero-order valence-corrected chi connectivity index (χ0v) is 17.6. The van der Waals surface area contributed by atoms with Gasteiger partial charge in [0.1, 0.15) is 0 Å². The van der Waals surface area contributed by atoms with Gasteiger partial charge in [-0.3, -0.25) is 9.59 Å². The van der Waals surface area contributed by atoms with Gasteiger partial charge in [-0.25, -0.2) is 9.48 Å². The van der Waals surface area contributed by atoms with Gasteiger partial charge in [0.2, 0.25) is 0 Å². The number of carboxylic acids is 2. The molecule has 1 saturated carbocycles. The van der Waals surface area contributed by atoms with Gasteiger partial charge in [-0.15, -0.1) is 5.10 Å². The number of hydrogen-bond acceptors (Lipinski definition) is 7. The smallest absolute Gasteiger partial charge is 0.481 e. The fourth-order valence-electron chi connectivity index (χ4n) is 2.45. The highest BCUT2D eigenvalue weighted by molar-refractivity contribution is 8.76. The van der Waals surface area contributed by atoms with Crippen LogP contribution in [-0.4, -0.2) is 67.3 Å². The Hall–Kier alpha value is -1.96. The van der Waals surface area contributed by atoms with E-state index in [-0.39, 0.29) is 12.3 Å². The van der Waals surface area contributed by atoms with Gasteiger partial charge in [0.25, 0.3) is 5.91 Å². The number of nitrogens with zero attached hydrogens (tertiary/aromatic N) is 3. The minimum absolute atomic E-state index is 0.161. The van der Waals surface area contributed by atoms with Crippen LogP contribution < -0.4 is 5.32 Å². The standard InChI is InChI=1S/C14H22N4O3S2.C2HF3O2/c19-13(20)6-8-22-23-9-7-15-14(21)12-10-18(17-16-12)11-4-2-1-3-5-11;3-2(4,5)1(6)7/h10-11H,1-9H2,(H,15,21)(H,19,20);(H,6,7). The highest BCUT2D eigenvalue weighted by atomic mass is 33.1. The number of rotatable bonds is 9. The Morgan fingerprint density at radius 2 is 1.73 bits per heavy atom. The molecule has 0 aromatic carbocycles. The fraction of sp³-hybridized carbons (Fsp3) is 0.688. The molecule has 1 fully saturated rings. The molecule has 1 heterocycles. The van der Waals surface area contributed by atoms with Crippen molar-refractivity contribution in [2.45, 2.75) is 50.7 Å². The fourth-order valence-corrected chi connectivity index (χ4v) is 4.33. The maximum atomic E-state index is 12.0. The third-order valence-electron chi connectivity index (χ3n) is 3.89. The summed E-state index contributed by atoms with van der Waals surface area (Å²) in [7, 11) is 3.06. The van der Waals surface area contributed by atoms with E-state index in [1.165, 1.54) is 30.1 Å². The Kier molecular flexibility index (Phi) is 11.6. The van der Waals surface area contributed by atoms with Crippen molar-refractivity contribution in [1.29, 1.82) is 0 Å². The van der Waals surface area contributed by atoms with Crippen LogP contribution in [0.1, 0.15) is 55.1 Å². The van der Waals surface area contributed by atoms with Crippen molar-refractivity contribution < 1.29 is 37.8 Å². The molecular weight excluding hydrogens is 449 g/mol. The topological polar surface area (TPSA) is 134 Å². The molecule has 0 bridgehead atoms. The van der Waals surface area contributed by atoms with Crippen molar-refractivity contribution in [3.8, 4) is 0 Å². The SMILES string of the molecule is O=C(O)C(F)(F)F.O=C(O)CCSSCCNC(=O)c1cn(C2CCCCC2)nn1. The van der Waals surface area contributed by atoms with Gasteiger partial charge in [0, 0.05) is 18.1 Å². The number of hydrogen-bond donors (Lipinski definition) is 3. The van der Waals surface area contributed by atoms with Gasteiger partial charge >= 0.3 is 18.1 Å². The van der Waals surface area contributed by atoms with Gasteiger partial charge in [-0.05, 0) is 12.8 Å². The Labute approximate surface area is 178 Å². The number of amides is 1. The van der Waals surface area contributed by atoms with Gasteiger partial charge in [-0.1, -0.05) is 46.1 Å². The molecule has 0 spiro atoms. The minimum atomic E-state index is -5.08. The van der Waals surface area contributed by atoms with Gasteiger partial charge in [0.05, 0.1) is 18.7 Å². The third kappa shape index (κ3) is 10.7. The van der Waals surface area contributed by atoms with Crippen molar-refractivity contribution in [3.63, 3.8) is 0 Å². The van der Waals surface area contributed by atoms with Gasteiger partial charge in [-0.2, -0.15) is 13.2 Å². The van der Waals surface area contributed by atoms with Crippen LogP contribution in [0, 0.1) is 0 Å². The van der Waals surface area contributed by atoms with Crippen molar-refractivity contribution in [3.05, 3.63) is 11.9 Å². The first-order valence-electron chi connectivity index (χ1n) is 9.07. The number of nitrogens with one attached hydrogen (secondary N) is 1. The lowest BCUT2D eigenvalue weighted by Crippen LogP contribution is -2.26. The van der Waals surface area contributed by atoms with Crippen LogP contribution in [0.15, 0.2) is 6.20 Å². The zero-order valence-electron chi connectivity index (χ0n) is 15.9. The van der Waals surface area contributed by atoms with E-state index >= 15 is 0 Å². The van der Waals surface area contributed by atoms with E-state index in [0.717, 1.165) is 18.6 Å². The van der Waals surface area contributed by atoms with Crippen LogP contribution in [0.25, 0.3) is 0 Å². The van der Waals surface area contributed by atoms with Crippen LogP contribution in [0.4, 0.5) is 13.2 Å². The van der Waals surface area contributed by atoms with Crippen LogP contribution >= 0.6 is 21.6 Å². The lowest BCUT2D eigenvalue weighted by Gasteiger charge is -2.20. The molecule has 1 aromatic rings. The summed E-state index contributed by atoms with van der Waals surface area (Å²) in [5, 5.41) is 26.5.